The molecule has 1 aromatic rings. The van der Waals surface area contributed by atoms with Gasteiger partial charge in [-0.15, -0.1) is 25.6 Å². The highest BCUT2D eigenvalue weighted by molar-refractivity contribution is 6.32. The molecule has 1 atom stereocenters. The fourth-order valence-electron chi connectivity index (χ4n) is 2.28. The molecule has 8 heteroatoms. The first-order valence-corrected chi connectivity index (χ1v) is 6.63. The van der Waals surface area contributed by atoms with Crippen molar-refractivity contribution in [3.63, 3.8) is 0 Å². The van der Waals surface area contributed by atoms with E-state index in [4.69, 9.17) is 22.1 Å². The average molecular weight is 346 g/mol. The summed E-state index contributed by atoms with van der Waals surface area (Å²) >= 11 is 5.81. The van der Waals surface area contributed by atoms with Gasteiger partial charge in [0.1, 0.15) is 5.75 Å². The molecule has 21 heavy (non-hydrogen) atoms. The molecule has 2 rings (SSSR count). The highest BCUT2D eigenvalue weighted by Crippen LogP contribution is 2.34. The molecule has 1 aromatic carbocycles. The van der Waals surface area contributed by atoms with Gasteiger partial charge in [-0.1, -0.05) is 17.7 Å². The summed E-state index contributed by atoms with van der Waals surface area (Å²) in [6.07, 6.45) is -3.09. The van der Waals surface area contributed by atoms with Gasteiger partial charge in [0.15, 0.2) is 0 Å². The van der Waals surface area contributed by atoms with Crippen LogP contribution in [0.1, 0.15) is 24.4 Å². The number of rotatable bonds is 3. The minimum atomic E-state index is -4.76. The van der Waals surface area contributed by atoms with Crippen molar-refractivity contribution in [3.8, 4) is 5.75 Å². The molecule has 0 aromatic heterocycles. The summed E-state index contributed by atoms with van der Waals surface area (Å²) in [6, 6.07) is 3.89. The van der Waals surface area contributed by atoms with E-state index in [2.05, 4.69) is 4.74 Å². The molecular weight excluding hydrogens is 330 g/mol. The van der Waals surface area contributed by atoms with Gasteiger partial charge in [-0.3, -0.25) is 0 Å². The van der Waals surface area contributed by atoms with Gasteiger partial charge >= 0.3 is 6.36 Å². The van der Waals surface area contributed by atoms with Crippen LogP contribution in [0.5, 0.6) is 5.75 Å². The minimum Gasteiger partial charge on any atom is -0.404 e. The molecule has 0 radical (unpaired) electrons. The van der Waals surface area contributed by atoms with Gasteiger partial charge in [0, 0.05) is 19.3 Å². The number of ether oxygens (including phenoxy) is 2. The molecule has 1 aliphatic heterocycles. The van der Waals surface area contributed by atoms with Crippen molar-refractivity contribution in [2.75, 3.05) is 13.2 Å². The SMILES string of the molecule is Cl.N[C@H](c1ccc(OC(F)(F)F)c(Cl)c1)C1CCOCC1. The van der Waals surface area contributed by atoms with Gasteiger partial charge in [-0.2, -0.15) is 0 Å². The largest absolute Gasteiger partial charge is 0.573 e. The molecule has 1 fully saturated rings. The zero-order chi connectivity index (χ0) is 14.8. The van der Waals surface area contributed by atoms with Crippen LogP contribution in [-0.4, -0.2) is 19.6 Å². The Balaban J connectivity index is 0.00000220. The van der Waals surface area contributed by atoms with Gasteiger partial charge in [-0.05, 0) is 36.5 Å². The maximum Gasteiger partial charge on any atom is 0.573 e. The van der Waals surface area contributed by atoms with Crippen molar-refractivity contribution in [3.05, 3.63) is 28.8 Å². The minimum absolute atomic E-state index is 0. The van der Waals surface area contributed by atoms with Crippen LogP contribution in [0.3, 0.4) is 0 Å². The van der Waals surface area contributed by atoms with E-state index in [0.717, 1.165) is 12.8 Å². The van der Waals surface area contributed by atoms with Crippen molar-refractivity contribution in [2.45, 2.75) is 25.2 Å². The molecule has 1 heterocycles. The number of nitrogens with two attached hydrogens (primary N) is 1. The quantitative estimate of drug-likeness (QED) is 0.897. The van der Waals surface area contributed by atoms with Crippen LogP contribution < -0.4 is 10.5 Å². The third kappa shape index (κ3) is 5.21. The Bertz CT molecular complexity index is 465. The van der Waals surface area contributed by atoms with Crippen LogP contribution in [0.4, 0.5) is 13.2 Å². The Labute approximate surface area is 132 Å². The number of benzene rings is 1. The second-order valence-corrected chi connectivity index (χ2v) is 5.12. The maximum absolute atomic E-state index is 12.2. The third-order valence-electron chi connectivity index (χ3n) is 3.34. The van der Waals surface area contributed by atoms with E-state index in [-0.39, 0.29) is 29.4 Å². The molecule has 0 spiro atoms. The summed E-state index contributed by atoms with van der Waals surface area (Å²) in [5.74, 6) is -0.170. The number of hydrogen-bond donors (Lipinski definition) is 1. The van der Waals surface area contributed by atoms with Crippen LogP contribution in [-0.2, 0) is 4.74 Å². The molecule has 0 saturated carbocycles. The monoisotopic (exact) mass is 345 g/mol. The second kappa shape index (κ2) is 7.54. The van der Waals surface area contributed by atoms with Crippen molar-refractivity contribution < 1.29 is 22.6 Å². The van der Waals surface area contributed by atoms with Crippen LogP contribution in [0.15, 0.2) is 18.2 Å². The Hall–Kier alpha value is -0.690. The number of halogens is 5. The molecule has 3 nitrogen and oxygen atoms in total. The fraction of sp³-hybridized carbons (Fsp3) is 0.538. The lowest BCUT2D eigenvalue weighted by molar-refractivity contribution is -0.274. The van der Waals surface area contributed by atoms with Crippen LogP contribution >= 0.6 is 24.0 Å². The Morgan fingerprint density at radius 2 is 1.90 bits per heavy atom. The summed E-state index contributed by atoms with van der Waals surface area (Å²) in [6.45, 7) is 1.31. The smallest absolute Gasteiger partial charge is 0.404 e. The highest BCUT2D eigenvalue weighted by Gasteiger charge is 2.32. The Morgan fingerprint density at radius 1 is 1.29 bits per heavy atom. The summed E-state index contributed by atoms with van der Waals surface area (Å²) in [4.78, 5) is 0. The average Bonchev–Trinajstić information content (AvgIpc) is 2.40. The first-order chi connectivity index (χ1) is 9.37. The van der Waals surface area contributed by atoms with E-state index >= 15 is 0 Å². The molecule has 1 saturated heterocycles. The van der Waals surface area contributed by atoms with Gasteiger partial charge in [-0.25, -0.2) is 0 Å². The molecule has 2 N–H and O–H groups in total. The lowest BCUT2D eigenvalue weighted by atomic mass is 9.88. The van der Waals surface area contributed by atoms with Crippen molar-refractivity contribution in [2.24, 2.45) is 11.7 Å². The summed E-state index contributed by atoms with van der Waals surface area (Å²) < 4.78 is 45.5. The third-order valence-corrected chi connectivity index (χ3v) is 3.64. The fourth-order valence-corrected chi connectivity index (χ4v) is 2.51. The molecule has 0 amide bonds. The van der Waals surface area contributed by atoms with Gasteiger partial charge in [0.05, 0.1) is 5.02 Å². The van der Waals surface area contributed by atoms with Crippen LogP contribution in [0, 0.1) is 5.92 Å². The van der Waals surface area contributed by atoms with E-state index < -0.39 is 12.1 Å². The zero-order valence-corrected chi connectivity index (χ0v) is 12.6. The van der Waals surface area contributed by atoms with Gasteiger partial charge in [0.25, 0.3) is 0 Å². The molecule has 0 bridgehead atoms. The summed E-state index contributed by atoms with van der Waals surface area (Å²) in [5.41, 5.74) is 6.84. The van der Waals surface area contributed by atoms with Gasteiger partial charge < -0.3 is 15.2 Å². The summed E-state index contributed by atoms with van der Waals surface area (Å²) in [5, 5.41) is -0.0951. The van der Waals surface area contributed by atoms with E-state index in [9.17, 15) is 13.2 Å². The Kier molecular flexibility index (Phi) is 6.59. The lowest BCUT2D eigenvalue weighted by Gasteiger charge is -2.28. The lowest BCUT2D eigenvalue weighted by Crippen LogP contribution is -2.27. The van der Waals surface area contributed by atoms with Gasteiger partial charge in [0.2, 0.25) is 0 Å². The standard InChI is InChI=1S/C13H15ClF3NO2.ClH/c14-10-7-9(1-2-11(10)20-13(15,16)17)12(18)8-3-5-19-6-4-8;/h1-2,7-8,12H,3-6,18H2;1H/t12-;/m0./s1. The van der Waals surface area contributed by atoms with Crippen molar-refractivity contribution in [1.82, 2.24) is 0 Å². The van der Waals surface area contributed by atoms with Crippen molar-refractivity contribution in [1.29, 1.82) is 0 Å². The first-order valence-electron chi connectivity index (χ1n) is 6.25. The molecular formula is C13H16Cl2F3NO2. The number of hydrogen-bond acceptors (Lipinski definition) is 3. The van der Waals surface area contributed by atoms with E-state index in [1.165, 1.54) is 18.2 Å². The van der Waals surface area contributed by atoms with E-state index in [1.54, 1.807) is 0 Å². The number of alkyl halides is 3. The van der Waals surface area contributed by atoms with Crippen LogP contribution in [0.25, 0.3) is 0 Å². The van der Waals surface area contributed by atoms with E-state index in [0.29, 0.717) is 18.8 Å². The maximum atomic E-state index is 12.2. The first kappa shape index (κ1) is 18.4. The van der Waals surface area contributed by atoms with Crippen LogP contribution in [0.2, 0.25) is 5.02 Å². The van der Waals surface area contributed by atoms with Crippen molar-refractivity contribution >= 4 is 24.0 Å². The topological polar surface area (TPSA) is 44.5 Å². The molecule has 0 unspecified atom stereocenters. The zero-order valence-electron chi connectivity index (χ0n) is 11.0. The highest BCUT2D eigenvalue weighted by atomic mass is 35.5. The summed E-state index contributed by atoms with van der Waals surface area (Å²) in [7, 11) is 0. The molecule has 1 aliphatic rings. The second-order valence-electron chi connectivity index (χ2n) is 4.71. The predicted octanol–water partition coefficient (Wildman–Crippen LogP) is 4.09. The molecule has 120 valence electrons. The Morgan fingerprint density at radius 3 is 2.43 bits per heavy atom. The normalized spacial score (nSPS) is 18.0. The predicted molar refractivity (Wildman–Crippen MR) is 75.9 cm³/mol. The van der Waals surface area contributed by atoms with E-state index in [1.807, 2.05) is 0 Å². The molecule has 0 aliphatic carbocycles.